The number of hydrogen-bond acceptors (Lipinski definition) is 3. The first-order valence-electron chi connectivity index (χ1n) is 5.89. The van der Waals surface area contributed by atoms with E-state index in [1.54, 1.807) is 6.20 Å². The molecule has 0 amide bonds. The molecule has 0 aliphatic carbocycles. The van der Waals surface area contributed by atoms with E-state index in [2.05, 4.69) is 28.3 Å². The molecular weight excluding hydrogens is 246 g/mol. The van der Waals surface area contributed by atoms with E-state index < -0.39 is 0 Å². The van der Waals surface area contributed by atoms with Gasteiger partial charge in [-0.3, -0.25) is 0 Å². The predicted octanol–water partition coefficient (Wildman–Crippen LogP) is 3.04. The van der Waals surface area contributed by atoms with E-state index in [0.29, 0.717) is 0 Å². The molecule has 0 spiro atoms. The number of nitrogens with one attached hydrogen (secondary N) is 1. The van der Waals surface area contributed by atoms with Crippen molar-refractivity contribution in [2.45, 2.75) is 26.9 Å². The maximum Gasteiger partial charge on any atom is 0.125 e. The fraction of sp³-hybridized carbons (Fsp3) is 0.286. The fourth-order valence-corrected chi connectivity index (χ4v) is 2.01. The number of benzene rings is 1. The zero-order chi connectivity index (χ0) is 13.0. The summed E-state index contributed by atoms with van der Waals surface area (Å²) in [5.41, 5.74) is 3.47. The van der Waals surface area contributed by atoms with Crippen molar-refractivity contribution in [1.82, 2.24) is 15.3 Å². The predicted molar refractivity (Wildman–Crippen MR) is 73.5 cm³/mol. The molecule has 0 saturated carbocycles. The van der Waals surface area contributed by atoms with Gasteiger partial charge in [0.15, 0.2) is 0 Å². The zero-order valence-corrected chi connectivity index (χ0v) is 11.3. The van der Waals surface area contributed by atoms with Gasteiger partial charge in [-0.1, -0.05) is 17.7 Å². The standard InChI is InChI=1S/C14H16ClN3/c1-10-7-13(15)4-3-12(10)8-16-9-14-5-6-17-11(2)18-14/h3-7,16H,8-9H2,1-2H3. The molecule has 0 atom stereocenters. The van der Waals surface area contributed by atoms with Crippen LogP contribution in [-0.2, 0) is 13.1 Å². The van der Waals surface area contributed by atoms with Crippen LogP contribution in [0.1, 0.15) is 22.6 Å². The second-order valence-corrected chi connectivity index (χ2v) is 4.71. The van der Waals surface area contributed by atoms with Gasteiger partial charge in [-0.05, 0) is 43.2 Å². The van der Waals surface area contributed by atoms with E-state index in [9.17, 15) is 0 Å². The van der Waals surface area contributed by atoms with Crippen LogP contribution >= 0.6 is 11.6 Å². The molecule has 18 heavy (non-hydrogen) atoms. The van der Waals surface area contributed by atoms with Gasteiger partial charge in [0.2, 0.25) is 0 Å². The van der Waals surface area contributed by atoms with Crippen molar-refractivity contribution in [3.8, 4) is 0 Å². The third kappa shape index (κ3) is 3.52. The van der Waals surface area contributed by atoms with Gasteiger partial charge in [-0.25, -0.2) is 9.97 Å². The van der Waals surface area contributed by atoms with E-state index in [1.807, 2.05) is 25.1 Å². The van der Waals surface area contributed by atoms with Crippen molar-refractivity contribution >= 4 is 11.6 Å². The Morgan fingerprint density at radius 2 is 2.00 bits per heavy atom. The summed E-state index contributed by atoms with van der Waals surface area (Å²) < 4.78 is 0. The summed E-state index contributed by atoms with van der Waals surface area (Å²) >= 11 is 5.93. The molecule has 94 valence electrons. The number of nitrogens with zero attached hydrogens (tertiary/aromatic N) is 2. The van der Waals surface area contributed by atoms with Crippen LogP contribution in [0, 0.1) is 13.8 Å². The topological polar surface area (TPSA) is 37.8 Å². The number of aromatic nitrogens is 2. The lowest BCUT2D eigenvalue weighted by molar-refractivity contribution is 0.673. The minimum atomic E-state index is 0.741. The minimum absolute atomic E-state index is 0.741. The summed E-state index contributed by atoms with van der Waals surface area (Å²) in [4.78, 5) is 8.42. The van der Waals surface area contributed by atoms with E-state index in [1.165, 1.54) is 11.1 Å². The largest absolute Gasteiger partial charge is 0.307 e. The minimum Gasteiger partial charge on any atom is -0.307 e. The molecule has 0 unspecified atom stereocenters. The van der Waals surface area contributed by atoms with E-state index in [0.717, 1.165) is 29.6 Å². The van der Waals surface area contributed by atoms with Crippen molar-refractivity contribution in [2.75, 3.05) is 0 Å². The maximum atomic E-state index is 5.93. The van der Waals surface area contributed by atoms with Gasteiger partial charge in [0, 0.05) is 24.3 Å². The molecule has 2 aromatic rings. The second kappa shape index (κ2) is 5.94. The number of halogens is 1. The molecule has 0 aliphatic rings. The zero-order valence-electron chi connectivity index (χ0n) is 10.6. The van der Waals surface area contributed by atoms with Gasteiger partial charge >= 0.3 is 0 Å². The Bertz CT molecular complexity index is 540. The highest BCUT2D eigenvalue weighted by Gasteiger charge is 2.00. The summed E-state index contributed by atoms with van der Waals surface area (Å²) in [6.45, 7) is 5.52. The molecule has 1 aromatic carbocycles. The highest BCUT2D eigenvalue weighted by Crippen LogP contribution is 2.14. The summed E-state index contributed by atoms with van der Waals surface area (Å²) in [6.07, 6.45) is 1.78. The quantitative estimate of drug-likeness (QED) is 0.919. The van der Waals surface area contributed by atoms with Gasteiger partial charge in [0.1, 0.15) is 5.82 Å². The summed E-state index contributed by atoms with van der Waals surface area (Å²) in [7, 11) is 0. The van der Waals surface area contributed by atoms with Gasteiger partial charge < -0.3 is 5.32 Å². The first kappa shape index (κ1) is 13.0. The van der Waals surface area contributed by atoms with Gasteiger partial charge in [0.05, 0.1) is 5.69 Å². The highest BCUT2D eigenvalue weighted by molar-refractivity contribution is 6.30. The lowest BCUT2D eigenvalue weighted by Gasteiger charge is -2.08. The Hall–Kier alpha value is -1.45. The third-order valence-corrected chi connectivity index (χ3v) is 3.00. The normalized spacial score (nSPS) is 10.6. The van der Waals surface area contributed by atoms with Crippen LogP contribution in [0.2, 0.25) is 5.02 Å². The number of rotatable bonds is 4. The van der Waals surface area contributed by atoms with Crippen molar-refractivity contribution in [3.05, 3.63) is 58.1 Å². The van der Waals surface area contributed by atoms with Crippen LogP contribution in [0.15, 0.2) is 30.5 Å². The monoisotopic (exact) mass is 261 g/mol. The highest BCUT2D eigenvalue weighted by atomic mass is 35.5. The molecule has 0 bridgehead atoms. The van der Waals surface area contributed by atoms with Gasteiger partial charge in [-0.15, -0.1) is 0 Å². The Morgan fingerprint density at radius 3 is 2.72 bits per heavy atom. The molecule has 0 saturated heterocycles. The van der Waals surface area contributed by atoms with Crippen LogP contribution in [0.5, 0.6) is 0 Å². The Balaban J connectivity index is 1.92. The Kier molecular flexibility index (Phi) is 4.28. The maximum absolute atomic E-state index is 5.93. The van der Waals surface area contributed by atoms with E-state index in [4.69, 9.17) is 11.6 Å². The van der Waals surface area contributed by atoms with Crippen LogP contribution in [0.25, 0.3) is 0 Å². The van der Waals surface area contributed by atoms with Gasteiger partial charge in [-0.2, -0.15) is 0 Å². The smallest absolute Gasteiger partial charge is 0.125 e. The summed E-state index contributed by atoms with van der Waals surface area (Å²) in [6, 6.07) is 7.87. The van der Waals surface area contributed by atoms with Crippen LogP contribution in [0.3, 0.4) is 0 Å². The van der Waals surface area contributed by atoms with Crippen LogP contribution < -0.4 is 5.32 Å². The van der Waals surface area contributed by atoms with Crippen molar-refractivity contribution in [3.63, 3.8) is 0 Å². The molecule has 1 aromatic heterocycles. The lowest BCUT2D eigenvalue weighted by Crippen LogP contribution is -2.14. The Morgan fingerprint density at radius 1 is 1.17 bits per heavy atom. The fourth-order valence-electron chi connectivity index (χ4n) is 1.79. The average molecular weight is 262 g/mol. The lowest BCUT2D eigenvalue weighted by atomic mass is 10.1. The van der Waals surface area contributed by atoms with Crippen molar-refractivity contribution < 1.29 is 0 Å². The first-order chi connectivity index (χ1) is 8.65. The number of hydrogen-bond donors (Lipinski definition) is 1. The summed E-state index contributed by atoms with van der Waals surface area (Å²) in [5.74, 6) is 0.803. The molecule has 1 heterocycles. The molecule has 0 fully saturated rings. The molecular formula is C14H16ClN3. The average Bonchev–Trinajstić information content (AvgIpc) is 2.32. The van der Waals surface area contributed by atoms with E-state index in [-0.39, 0.29) is 0 Å². The van der Waals surface area contributed by atoms with Gasteiger partial charge in [0.25, 0.3) is 0 Å². The molecule has 1 N–H and O–H groups in total. The molecule has 3 nitrogen and oxygen atoms in total. The number of aryl methyl sites for hydroxylation is 2. The first-order valence-corrected chi connectivity index (χ1v) is 6.27. The summed E-state index contributed by atoms with van der Waals surface area (Å²) in [5, 5.41) is 4.15. The molecule has 0 aliphatic heterocycles. The SMILES string of the molecule is Cc1nccc(CNCc2ccc(Cl)cc2C)n1. The molecule has 2 rings (SSSR count). The van der Waals surface area contributed by atoms with Crippen molar-refractivity contribution in [1.29, 1.82) is 0 Å². The van der Waals surface area contributed by atoms with E-state index >= 15 is 0 Å². The molecule has 0 radical (unpaired) electrons. The van der Waals surface area contributed by atoms with Crippen LogP contribution in [0.4, 0.5) is 0 Å². The Labute approximate surface area is 112 Å². The third-order valence-electron chi connectivity index (χ3n) is 2.76. The second-order valence-electron chi connectivity index (χ2n) is 4.27. The van der Waals surface area contributed by atoms with Crippen molar-refractivity contribution in [2.24, 2.45) is 0 Å². The van der Waals surface area contributed by atoms with Crippen LogP contribution in [-0.4, -0.2) is 9.97 Å². The molecule has 4 heteroatoms.